The first-order valence-electron chi connectivity index (χ1n) is 21.1. The predicted octanol–water partition coefficient (Wildman–Crippen LogP) is 0.308. The minimum absolute atomic E-state index is 0.0195. The van der Waals surface area contributed by atoms with Crippen molar-refractivity contribution >= 4 is 62.6 Å². The van der Waals surface area contributed by atoms with E-state index >= 15 is 4.39 Å². The fourth-order valence-corrected chi connectivity index (χ4v) is 9.34. The fourth-order valence-electron chi connectivity index (χ4n) is 9.34. The number of rotatable bonds is 15. The number of pyridine rings is 2. The van der Waals surface area contributed by atoms with Crippen LogP contribution in [0.2, 0.25) is 0 Å². The van der Waals surface area contributed by atoms with Gasteiger partial charge in [-0.15, -0.1) is 0 Å². The van der Waals surface area contributed by atoms with Crippen molar-refractivity contribution in [3.05, 3.63) is 97.4 Å². The minimum Gasteiger partial charge on any atom is -0.458 e. The molecule has 1 fully saturated rings. The van der Waals surface area contributed by atoms with Gasteiger partial charge in [-0.1, -0.05) is 37.3 Å². The first kappa shape index (κ1) is 41.8. The molecule has 2 aliphatic heterocycles. The fraction of sp³-hybridized carbons (Fsp3) is 0.400. The summed E-state index contributed by atoms with van der Waals surface area (Å²) < 4.78 is 28.8. The number of nitrogens with zero attached hydrogens (tertiary/aromatic N) is 2. The molecule has 0 spiro atoms. The molecule has 0 saturated heterocycles. The highest BCUT2D eigenvalue weighted by molar-refractivity contribution is 6.08. The van der Waals surface area contributed by atoms with Crippen LogP contribution in [0.1, 0.15) is 72.0 Å². The molecular formula is C45H47FN8O9. The van der Waals surface area contributed by atoms with E-state index in [1.54, 1.807) is 44.2 Å². The summed E-state index contributed by atoms with van der Waals surface area (Å²) in [4.78, 5) is 83.5. The maximum atomic E-state index is 15.4. The van der Waals surface area contributed by atoms with Crippen LogP contribution in [0.3, 0.4) is 0 Å². The van der Waals surface area contributed by atoms with E-state index in [0.29, 0.717) is 51.4 Å². The Labute approximate surface area is 358 Å². The van der Waals surface area contributed by atoms with Crippen molar-refractivity contribution in [1.82, 2.24) is 36.0 Å². The number of hydrogen-bond acceptors (Lipinski definition) is 12. The lowest BCUT2D eigenvalue weighted by Gasteiger charge is -2.35. The minimum atomic E-state index is -2.06. The first-order valence-corrected chi connectivity index (χ1v) is 21.1. The molecule has 17 nitrogen and oxygen atoms in total. The number of ether oxygens (including phenoxy) is 2. The highest BCUT2D eigenvalue weighted by atomic mass is 19.1. The van der Waals surface area contributed by atoms with Gasteiger partial charge in [0, 0.05) is 28.8 Å². The number of aromatic nitrogens is 2. The molecule has 4 atom stereocenters. The normalized spacial score (nSPS) is 19.6. The highest BCUT2D eigenvalue weighted by Crippen LogP contribution is 2.46. The van der Waals surface area contributed by atoms with Crippen LogP contribution in [0, 0.1) is 18.7 Å². The van der Waals surface area contributed by atoms with E-state index in [4.69, 9.17) is 20.2 Å². The van der Waals surface area contributed by atoms with Crippen LogP contribution in [0.25, 0.3) is 33.0 Å². The standard InChI is InChI=1S/C45H47FN8O9/c1-3-45(61)26-14-31-38-37-36-28(12-11-24-21(2)27(46)15-29(53-38)35(24)36)52-39(40(37)54(31)43(59)25(26)19-62-44(45)60)41(23-9-10-23)63-20-50-33(56)17-49-42(58)30(13-22-7-5-4-6-8-22)51-34(57)18-48-32(55)16-47/h4-8,14-15,23,28,30,41,52,61H,3,9-13,16-20,47H2,1-2H3,(H,48,55)(H,49,58)(H,50,56)(H,51,57)/t28-,30-,41-,45-/m0/s1. The number of aryl methyl sites for hydroxylation is 1. The number of nitrogens with two attached hydrogens (primary N) is 1. The summed E-state index contributed by atoms with van der Waals surface area (Å²) in [5.74, 6) is -3.54. The number of fused-ring (bicyclic) bond motifs is 4. The number of hydrogen-bond donors (Lipinski definition) is 7. The summed E-state index contributed by atoms with van der Waals surface area (Å²) >= 11 is 0. The third-order valence-corrected chi connectivity index (χ3v) is 12.8. The Kier molecular flexibility index (Phi) is 10.8. The SMILES string of the molecule is CC[C@@]1(O)C(=O)OCc2c1cc1c3nc4cc(F)c(C)c5c4c4c3c(n1c2=O)=C([C@@H](OCNC(=O)CNC(=O)[C@H](Cc1ccccc1)NC(=O)CNC(=O)CN)C1CC1)N[C@H]4CC5. The summed E-state index contributed by atoms with van der Waals surface area (Å²) in [6.45, 7) is 1.67. The van der Waals surface area contributed by atoms with Crippen LogP contribution in [0.15, 0.2) is 47.3 Å². The lowest BCUT2D eigenvalue weighted by atomic mass is 9.81. The van der Waals surface area contributed by atoms with E-state index in [0.717, 1.165) is 34.9 Å². The predicted molar refractivity (Wildman–Crippen MR) is 226 cm³/mol. The number of aliphatic hydroxyl groups is 1. The quantitative estimate of drug-likeness (QED) is 0.0556. The maximum Gasteiger partial charge on any atom is 0.343 e. The van der Waals surface area contributed by atoms with Crippen molar-refractivity contribution in [3.8, 4) is 0 Å². The van der Waals surface area contributed by atoms with Crippen molar-refractivity contribution in [2.75, 3.05) is 26.4 Å². The van der Waals surface area contributed by atoms with Gasteiger partial charge in [0.2, 0.25) is 23.6 Å². The van der Waals surface area contributed by atoms with E-state index in [9.17, 15) is 33.9 Å². The van der Waals surface area contributed by atoms with Crippen LogP contribution in [-0.4, -0.2) is 82.6 Å². The Morgan fingerprint density at radius 2 is 1.79 bits per heavy atom. The second-order valence-electron chi connectivity index (χ2n) is 16.6. The van der Waals surface area contributed by atoms with Gasteiger partial charge in [-0.2, -0.15) is 0 Å². The highest BCUT2D eigenvalue weighted by Gasteiger charge is 2.46. The average Bonchev–Trinajstić information content (AvgIpc) is 4.08. The molecule has 0 bridgehead atoms. The average molecular weight is 863 g/mol. The molecule has 2 aromatic carbocycles. The molecule has 4 aliphatic rings. The molecule has 5 heterocycles. The molecule has 328 valence electrons. The molecule has 2 aliphatic carbocycles. The third kappa shape index (κ3) is 7.30. The number of carbonyl (C=O) groups excluding carboxylic acids is 5. The van der Waals surface area contributed by atoms with Gasteiger partial charge in [0.05, 0.1) is 58.8 Å². The summed E-state index contributed by atoms with van der Waals surface area (Å²) in [5.41, 5.74) is 7.89. The second-order valence-corrected chi connectivity index (χ2v) is 16.6. The maximum absolute atomic E-state index is 15.4. The van der Waals surface area contributed by atoms with Gasteiger partial charge in [0.25, 0.3) is 5.56 Å². The molecule has 63 heavy (non-hydrogen) atoms. The topological polar surface area (TPSA) is 245 Å². The smallest absolute Gasteiger partial charge is 0.343 e. The van der Waals surface area contributed by atoms with E-state index in [2.05, 4.69) is 26.6 Å². The number of amides is 4. The van der Waals surface area contributed by atoms with E-state index in [1.807, 2.05) is 6.07 Å². The number of halogens is 1. The second kappa shape index (κ2) is 16.3. The zero-order valence-electron chi connectivity index (χ0n) is 34.7. The van der Waals surface area contributed by atoms with Crippen molar-refractivity contribution in [2.45, 2.75) is 82.8 Å². The van der Waals surface area contributed by atoms with Gasteiger partial charge in [0.15, 0.2) is 5.60 Å². The van der Waals surface area contributed by atoms with Gasteiger partial charge in [0.1, 0.15) is 31.3 Å². The molecule has 0 unspecified atom stereocenters. The summed E-state index contributed by atoms with van der Waals surface area (Å²) in [6, 6.07) is 10.7. The molecule has 1 saturated carbocycles. The van der Waals surface area contributed by atoms with Crippen molar-refractivity contribution in [1.29, 1.82) is 0 Å². The van der Waals surface area contributed by atoms with Crippen LogP contribution in [-0.2, 0) is 58.5 Å². The Morgan fingerprint density at radius 1 is 1.03 bits per heavy atom. The molecular weight excluding hydrogens is 816 g/mol. The lowest BCUT2D eigenvalue weighted by Crippen LogP contribution is -2.52. The molecule has 4 amide bonds. The Morgan fingerprint density at radius 3 is 2.52 bits per heavy atom. The van der Waals surface area contributed by atoms with Gasteiger partial charge in [-0.25, -0.2) is 14.2 Å². The Hall–Kier alpha value is -6.50. The molecule has 9 rings (SSSR count). The molecule has 5 aromatic rings. The van der Waals surface area contributed by atoms with Crippen molar-refractivity contribution < 1.29 is 42.9 Å². The number of nitrogens with one attached hydrogen (secondary N) is 5. The number of benzene rings is 2. The van der Waals surface area contributed by atoms with Crippen molar-refractivity contribution in [3.63, 3.8) is 0 Å². The van der Waals surface area contributed by atoms with Crippen LogP contribution >= 0.6 is 0 Å². The molecule has 8 N–H and O–H groups in total. The van der Waals surface area contributed by atoms with Gasteiger partial charge < -0.3 is 46.9 Å². The van der Waals surface area contributed by atoms with Crippen LogP contribution in [0.5, 0.6) is 0 Å². The Bertz CT molecular complexity index is 2880. The first-order chi connectivity index (χ1) is 30.3. The largest absolute Gasteiger partial charge is 0.458 e. The zero-order chi connectivity index (χ0) is 44.3. The van der Waals surface area contributed by atoms with Crippen LogP contribution in [0.4, 0.5) is 4.39 Å². The van der Waals surface area contributed by atoms with E-state index in [-0.39, 0.29) is 68.2 Å². The number of cyclic esters (lactones) is 1. The lowest BCUT2D eigenvalue weighted by molar-refractivity contribution is -0.172. The van der Waals surface area contributed by atoms with Crippen molar-refractivity contribution in [2.24, 2.45) is 11.7 Å². The number of esters is 1. The van der Waals surface area contributed by atoms with E-state index < -0.39 is 59.4 Å². The summed E-state index contributed by atoms with van der Waals surface area (Å²) in [7, 11) is 0. The monoisotopic (exact) mass is 862 g/mol. The molecule has 18 heteroatoms. The summed E-state index contributed by atoms with van der Waals surface area (Å²) in [6.07, 6.45) is 2.27. The Balaban J connectivity index is 1.03. The summed E-state index contributed by atoms with van der Waals surface area (Å²) in [5, 5.41) is 27.6. The van der Waals surface area contributed by atoms with Gasteiger partial charge in [-0.3, -0.25) is 28.4 Å². The zero-order valence-corrected chi connectivity index (χ0v) is 34.7. The molecule has 0 radical (unpaired) electrons. The van der Waals surface area contributed by atoms with Gasteiger partial charge in [-0.05, 0) is 73.3 Å². The van der Waals surface area contributed by atoms with Gasteiger partial charge >= 0.3 is 5.97 Å². The number of carbonyl (C=O) groups is 5. The van der Waals surface area contributed by atoms with Crippen LogP contribution < -0.4 is 43.2 Å². The third-order valence-electron chi connectivity index (χ3n) is 12.8. The van der Waals surface area contributed by atoms with E-state index in [1.165, 1.54) is 10.5 Å². The molecule has 3 aromatic heterocycles.